The maximum atomic E-state index is 12.7. The third kappa shape index (κ3) is 4.38. The Bertz CT molecular complexity index is 805. The lowest BCUT2D eigenvalue weighted by Gasteiger charge is -2.23. The highest BCUT2D eigenvalue weighted by Gasteiger charge is 2.30. The van der Waals surface area contributed by atoms with Crippen molar-refractivity contribution in [3.05, 3.63) is 64.7 Å². The van der Waals surface area contributed by atoms with E-state index in [0.29, 0.717) is 5.69 Å². The minimum Gasteiger partial charge on any atom is -0.307 e. The maximum Gasteiger partial charge on any atom is 0.416 e. The summed E-state index contributed by atoms with van der Waals surface area (Å²) in [4.78, 5) is 14.2. The van der Waals surface area contributed by atoms with Gasteiger partial charge in [0.2, 0.25) is 0 Å². The number of anilines is 1. The summed E-state index contributed by atoms with van der Waals surface area (Å²) >= 11 is 0. The predicted octanol–water partition coefficient (Wildman–Crippen LogP) is 4.88. The van der Waals surface area contributed by atoms with Crippen molar-refractivity contribution < 1.29 is 18.0 Å². The number of amides is 1. The molecule has 2 rings (SSSR count). The Morgan fingerprint density at radius 2 is 1.72 bits per heavy atom. The highest BCUT2D eigenvalue weighted by Crippen LogP contribution is 2.29. The van der Waals surface area contributed by atoms with Crippen molar-refractivity contribution in [2.45, 2.75) is 26.4 Å². The second-order valence-electron chi connectivity index (χ2n) is 5.71. The van der Waals surface area contributed by atoms with Crippen LogP contribution in [0.5, 0.6) is 0 Å². The zero-order valence-corrected chi connectivity index (χ0v) is 13.9. The molecule has 2 aromatic rings. The van der Waals surface area contributed by atoms with E-state index in [0.717, 1.165) is 35.4 Å². The van der Waals surface area contributed by atoms with Crippen molar-refractivity contribution in [1.82, 2.24) is 0 Å². The number of hydrogen-bond acceptors (Lipinski definition) is 2. The smallest absolute Gasteiger partial charge is 0.307 e. The summed E-state index contributed by atoms with van der Waals surface area (Å²) in [6.45, 7) is 4.01. The number of benzene rings is 2. The Hall–Kier alpha value is -2.81. The second kappa shape index (κ2) is 7.39. The Morgan fingerprint density at radius 1 is 1.08 bits per heavy atom. The number of carbonyl (C=O) groups is 1. The zero-order valence-electron chi connectivity index (χ0n) is 13.9. The molecule has 0 saturated heterocycles. The molecule has 25 heavy (non-hydrogen) atoms. The van der Waals surface area contributed by atoms with Gasteiger partial charge in [-0.3, -0.25) is 4.79 Å². The lowest BCUT2D eigenvalue weighted by atomic mass is 10.1. The second-order valence-corrected chi connectivity index (χ2v) is 5.71. The first-order valence-corrected chi connectivity index (χ1v) is 7.67. The zero-order chi connectivity index (χ0) is 18.6. The fourth-order valence-corrected chi connectivity index (χ4v) is 2.36. The molecule has 3 nitrogen and oxygen atoms in total. The van der Waals surface area contributed by atoms with E-state index in [1.165, 1.54) is 4.90 Å². The Kier molecular flexibility index (Phi) is 5.48. The van der Waals surface area contributed by atoms with Crippen molar-refractivity contribution in [3.63, 3.8) is 0 Å². The van der Waals surface area contributed by atoms with Crippen LogP contribution in [0.2, 0.25) is 0 Å². The van der Waals surface area contributed by atoms with Crippen molar-refractivity contribution in [1.29, 1.82) is 5.26 Å². The molecule has 0 heterocycles. The van der Waals surface area contributed by atoms with Crippen molar-refractivity contribution in [3.8, 4) is 6.07 Å². The topological polar surface area (TPSA) is 44.1 Å². The van der Waals surface area contributed by atoms with Gasteiger partial charge in [-0.25, -0.2) is 0 Å². The van der Waals surface area contributed by atoms with Crippen LogP contribution in [-0.2, 0) is 6.18 Å². The summed E-state index contributed by atoms with van der Waals surface area (Å²) in [6, 6.07) is 11.5. The van der Waals surface area contributed by atoms with Gasteiger partial charge in [-0.1, -0.05) is 6.07 Å². The molecule has 0 saturated carbocycles. The van der Waals surface area contributed by atoms with Gasteiger partial charge in [0, 0.05) is 17.8 Å². The normalized spacial score (nSPS) is 11.0. The van der Waals surface area contributed by atoms with Crippen LogP contribution in [0.4, 0.5) is 18.9 Å². The molecule has 6 heteroatoms. The monoisotopic (exact) mass is 346 g/mol. The fourth-order valence-electron chi connectivity index (χ4n) is 2.36. The number of nitrogens with zero attached hydrogens (tertiary/aromatic N) is 2. The summed E-state index contributed by atoms with van der Waals surface area (Å²) < 4.78 is 38.0. The maximum absolute atomic E-state index is 12.7. The molecular formula is C19H17F3N2O. The summed E-state index contributed by atoms with van der Waals surface area (Å²) in [5.41, 5.74) is 2.00. The Morgan fingerprint density at radius 3 is 2.24 bits per heavy atom. The molecule has 0 aliphatic carbocycles. The number of alkyl halides is 3. The number of hydrogen-bond donors (Lipinski definition) is 0. The van der Waals surface area contributed by atoms with Crippen molar-refractivity contribution in [2.75, 3.05) is 11.4 Å². The highest BCUT2D eigenvalue weighted by molar-refractivity contribution is 6.06. The SMILES string of the molecule is Cc1ccc(N(CCC#N)C(=O)c2ccc(C(F)(F)F)cc2)cc1C. The Labute approximate surface area is 144 Å². The van der Waals surface area contributed by atoms with Gasteiger partial charge in [-0.05, 0) is 61.4 Å². The van der Waals surface area contributed by atoms with Gasteiger partial charge in [0.1, 0.15) is 0 Å². The molecule has 0 unspecified atom stereocenters. The molecule has 0 aliphatic heterocycles. The van der Waals surface area contributed by atoms with Crippen LogP contribution in [0.1, 0.15) is 33.5 Å². The predicted molar refractivity (Wildman–Crippen MR) is 89.3 cm³/mol. The third-order valence-corrected chi connectivity index (χ3v) is 3.95. The van der Waals surface area contributed by atoms with Crippen LogP contribution in [-0.4, -0.2) is 12.5 Å². The van der Waals surface area contributed by atoms with E-state index in [-0.39, 0.29) is 18.5 Å². The molecule has 0 aromatic heterocycles. The summed E-state index contributed by atoms with van der Waals surface area (Å²) in [6.07, 6.45) is -4.32. The highest BCUT2D eigenvalue weighted by atomic mass is 19.4. The first-order chi connectivity index (χ1) is 11.7. The van der Waals surface area contributed by atoms with E-state index in [2.05, 4.69) is 0 Å². The first-order valence-electron chi connectivity index (χ1n) is 7.67. The van der Waals surface area contributed by atoms with E-state index in [1.54, 1.807) is 6.07 Å². The summed E-state index contributed by atoms with van der Waals surface area (Å²) in [7, 11) is 0. The largest absolute Gasteiger partial charge is 0.416 e. The fraction of sp³-hybridized carbons (Fsp3) is 0.263. The number of halogens is 3. The first kappa shape index (κ1) is 18.5. The molecule has 1 amide bonds. The molecule has 0 bridgehead atoms. The third-order valence-electron chi connectivity index (χ3n) is 3.95. The molecule has 0 fully saturated rings. The van der Waals surface area contributed by atoms with E-state index in [9.17, 15) is 18.0 Å². The number of rotatable bonds is 4. The minimum absolute atomic E-state index is 0.124. The van der Waals surface area contributed by atoms with Gasteiger partial charge in [-0.15, -0.1) is 0 Å². The lowest BCUT2D eigenvalue weighted by Crippen LogP contribution is -2.32. The molecule has 0 radical (unpaired) electrons. The molecule has 0 N–H and O–H groups in total. The molecule has 0 spiro atoms. The van der Waals surface area contributed by atoms with Gasteiger partial charge in [0.25, 0.3) is 5.91 Å². The van der Waals surface area contributed by atoms with Gasteiger partial charge >= 0.3 is 6.18 Å². The molecular weight excluding hydrogens is 329 g/mol. The van der Waals surface area contributed by atoms with Crippen LogP contribution in [0.25, 0.3) is 0 Å². The number of carbonyl (C=O) groups excluding carboxylic acids is 1. The van der Waals surface area contributed by atoms with E-state index < -0.39 is 17.6 Å². The van der Waals surface area contributed by atoms with Crippen molar-refractivity contribution >= 4 is 11.6 Å². The average Bonchev–Trinajstić information content (AvgIpc) is 2.57. The summed E-state index contributed by atoms with van der Waals surface area (Å²) in [5.74, 6) is -0.438. The van der Waals surface area contributed by atoms with Gasteiger partial charge in [0.05, 0.1) is 18.1 Å². The molecule has 0 aliphatic rings. The van der Waals surface area contributed by atoms with E-state index in [1.807, 2.05) is 32.0 Å². The van der Waals surface area contributed by atoms with Crippen LogP contribution < -0.4 is 4.90 Å². The van der Waals surface area contributed by atoms with Crippen LogP contribution in [0.15, 0.2) is 42.5 Å². The van der Waals surface area contributed by atoms with Gasteiger partial charge in [-0.2, -0.15) is 18.4 Å². The number of nitriles is 1. The van der Waals surface area contributed by atoms with E-state index >= 15 is 0 Å². The standard InChI is InChI=1S/C19H17F3N2O/c1-13-4-9-17(12-14(13)2)24(11-3-10-23)18(25)15-5-7-16(8-6-15)19(20,21)22/h4-9,12H,3,11H2,1-2H3. The van der Waals surface area contributed by atoms with E-state index in [4.69, 9.17) is 5.26 Å². The van der Waals surface area contributed by atoms with Crippen LogP contribution in [0.3, 0.4) is 0 Å². The van der Waals surface area contributed by atoms with Crippen molar-refractivity contribution in [2.24, 2.45) is 0 Å². The van der Waals surface area contributed by atoms with Gasteiger partial charge in [0.15, 0.2) is 0 Å². The molecule has 2 aromatic carbocycles. The van der Waals surface area contributed by atoms with Crippen LogP contribution >= 0.6 is 0 Å². The average molecular weight is 346 g/mol. The number of aryl methyl sites for hydroxylation is 2. The Balaban J connectivity index is 2.35. The molecule has 130 valence electrons. The quantitative estimate of drug-likeness (QED) is 0.792. The molecule has 0 atom stereocenters. The lowest BCUT2D eigenvalue weighted by molar-refractivity contribution is -0.137. The van der Waals surface area contributed by atoms with Crippen LogP contribution in [0, 0.1) is 25.2 Å². The van der Waals surface area contributed by atoms with Gasteiger partial charge < -0.3 is 4.90 Å². The minimum atomic E-state index is -4.45. The summed E-state index contributed by atoms with van der Waals surface area (Å²) in [5, 5.41) is 8.83.